The third-order valence-electron chi connectivity index (χ3n) is 5.46. The third kappa shape index (κ3) is 5.72. The van der Waals surface area contributed by atoms with E-state index in [-0.39, 0.29) is 31.1 Å². The zero-order chi connectivity index (χ0) is 23.9. The Balaban J connectivity index is 1.67. The largest absolute Gasteiger partial charge is 0.516 e. The number of ether oxygens (including phenoxy) is 4. The van der Waals surface area contributed by atoms with Crippen LogP contribution in [0.3, 0.4) is 0 Å². The number of methoxy groups -OCH3 is 1. The van der Waals surface area contributed by atoms with Gasteiger partial charge in [-0.1, -0.05) is 24.3 Å². The van der Waals surface area contributed by atoms with Gasteiger partial charge in [0, 0.05) is 13.7 Å². The third-order valence-corrected chi connectivity index (χ3v) is 5.46. The highest BCUT2D eigenvalue weighted by Gasteiger charge is 2.21. The number of carbonyl (C=O) groups is 1. The topological polar surface area (TPSA) is 127 Å². The number of aromatic nitrogens is 4. The number of imidazole rings is 1. The smallest absolute Gasteiger partial charge is 0.461 e. The van der Waals surface area contributed by atoms with Crippen LogP contribution in [-0.4, -0.2) is 70.6 Å². The van der Waals surface area contributed by atoms with Crippen LogP contribution >= 0.6 is 0 Å². The first-order valence-electron chi connectivity index (χ1n) is 11.4. The number of benzene rings is 1. The molecule has 2 aromatic heterocycles. The number of hydrogen-bond donors (Lipinski definition) is 1. The molecule has 0 saturated carbocycles. The lowest BCUT2D eigenvalue weighted by Gasteiger charge is -2.15. The SMILES string of the molecule is CCOC(=O)Oc1nc2c(N)nc(OCCOC)nc2n1Cc1cccc(CN2CCCC2)c1. The van der Waals surface area contributed by atoms with Crippen LogP contribution in [0.4, 0.5) is 10.6 Å². The number of nitrogens with zero attached hydrogens (tertiary/aromatic N) is 5. The Labute approximate surface area is 197 Å². The summed E-state index contributed by atoms with van der Waals surface area (Å²) in [6, 6.07) is 8.40. The van der Waals surface area contributed by atoms with Crippen LogP contribution in [0, 0.1) is 0 Å². The molecule has 11 nitrogen and oxygen atoms in total. The summed E-state index contributed by atoms with van der Waals surface area (Å²) in [5.74, 6) is 0.118. The molecule has 182 valence electrons. The maximum atomic E-state index is 12.1. The summed E-state index contributed by atoms with van der Waals surface area (Å²) in [7, 11) is 1.58. The molecule has 0 atom stereocenters. The second-order valence-corrected chi connectivity index (χ2v) is 7.97. The van der Waals surface area contributed by atoms with Gasteiger partial charge in [0.25, 0.3) is 0 Å². The molecule has 0 unspecified atom stereocenters. The molecule has 3 heterocycles. The number of carbonyl (C=O) groups excluding carboxylic acids is 1. The lowest BCUT2D eigenvalue weighted by molar-refractivity contribution is 0.0995. The normalized spacial score (nSPS) is 13.9. The number of likely N-dealkylation sites (tertiary alicyclic amines) is 1. The van der Waals surface area contributed by atoms with Crippen molar-refractivity contribution in [2.75, 3.05) is 45.8 Å². The van der Waals surface area contributed by atoms with Crippen molar-refractivity contribution >= 4 is 23.1 Å². The van der Waals surface area contributed by atoms with Gasteiger partial charge in [-0.25, -0.2) is 4.79 Å². The summed E-state index contributed by atoms with van der Waals surface area (Å²) in [5.41, 5.74) is 9.05. The van der Waals surface area contributed by atoms with E-state index in [0.29, 0.717) is 24.3 Å². The van der Waals surface area contributed by atoms with E-state index in [0.717, 1.165) is 25.2 Å². The summed E-state index contributed by atoms with van der Waals surface area (Å²) in [6.45, 7) is 6.01. The first-order valence-corrected chi connectivity index (χ1v) is 11.4. The number of nitrogens with two attached hydrogens (primary N) is 1. The fraction of sp³-hybridized carbons (Fsp3) is 0.478. The Morgan fingerprint density at radius 1 is 1.09 bits per heavy atom. The summed E-state index contributed by atoms with van der Waals surface area (Å²) in [6.07, 6.45) is 1.63. The van der Waals surface area contributed by atoms with Gasteiger partial charge in [0.15, 0.2) is 17.0 Å². The standard InChI is InChI=1S/C23H30N6O5/c1-3-32-23(30)34-22-25-18-19(24)26-21(33-12-11-31-2)27-20(18)29(22)15-17-8-6-7-16(13-17)14-28-9-4-5-10-28/h6-8,13H,3-5,9-12,14-15H2,1-2H3,(H2,24,26,27). The van der Waals surface area contributed by atoms with Crippen molar-refractivity contribution in [1.82, 2.24) is 24.4 Å². The minimum absolute atomic E-state index is 0.0217. The number of anilines is 1. The molecule has 0 bridgehead atoms. The zero-order valence-corrected chi connectivity index (χ0v) is 19.5. The molecule has 0 spiro atoms. The van der Waals surface area contributed by atoms with Crippen LogP contribution in [0.2, 0.25) is 0 Å². The highest BCUT2D eigenvalue weighted by atomic mass is 16.7. The molecule has 0 amide bonds. The van der Waals surface area contributed by atoms with Crippen molar-refractivity contribution in [3.8, 4) is 12.0 Å². The molecular weight excluding hydrogens is 440 g/mol. The van der Waals surface area contributed by atoms with E-state index in [9.17, 15) is 4.79 Å². The van der Waals surface area contributed by atoms with Crippen LogP contribution in [0.5, 0.6) is 12.0 Å². The number of fused-ring (bicyclic) bond motifs is 1. The molecule has 4 rings (SSSR count). The van der Waals surface area contributed by atoms with Crippen molar-refractivity contribution in [3.05, 3.63) is 35.4 Å². The molecule has 1 aliphatic heterocycles. The average Bonchev–Trinajstić information content (AvgIpc) is 3.43. The van der Waals surface area contributed by atoms with E-state index in [2.05, 4.69) is 32.0 Å². The molecule has 1 aromatic carbocycles. The Morgan fingerprint density at radius 2 is 1.85 bits per heavy atom. The zero-order valence-electron chi connectivity index (χ0n) is 19.5. The van der Waals surface area contributed by atoms with E-state index in [4.69, 9.17) is 24.7 Å². The Kier molecular flexibility index (Phi) is 7.76. The van der Waals surface area contributed by atoms with E-state index in [1.165, 1.54) is 18.4 Å². The van der Waals surface area contributed by atoms with E-state index in [1.54, 1.807) is 18.6 Å². The van der Waals surface area contributed by atoms with Crippen molar-refractivity contribution in [2.45, 2.75) is 32.9 Å². The summed E-state index contributed by atoms with van der Waals surface area (Å²) >= 11 is 0. The van der Waals surface area contributed by atoms with E-state index >= 15 is 0 Å². The average molecular weight is 471 g/mol. The van der Waals surface area contributed by atoms with E-state index < -0.39 is 6.16 Å². The molecule has 34 heavy (non-hydrogen) atoms. The first-order chi connectivity index (χ1) is 16.6. The Bertz CT molecular complexity index is 1130. The molecule has 0 radical (unpaired) electrons. The van der Waals surface area contributed by atoms with Gasteiger partial charge in [-0.15, -0.1) is 0 Å². The minimum Gasteiger partial charge on any atom is -0.461 e. The van der Waals surface area contributed by atoms with Gasteiger partial charge < -0.3 is 24.7 Å². The van der Waals surface area contributed by atoms with Gasteiger partial charge >= 0.3 is 18.2 Å². The molecule has 1 fully saturated rings. The number of rotatable bonds is 10. The van der Waals surface area contributed by atoms with Gasteiger partial charge in [-0.3, -0.25) is 9.47 Å². The molecular formula is C23H30N6O5. The molecule has 2 N–H and O–H groups in total. The lowest BCUT2D eigenvalue weighted by Crippen LogP contribution is -2.18. The molecule has 1 aliphatic rings. The maximum absolute atomic E-state index is 12.1. The number of nitrogen functional groups attached to an aromatic ring is 1. The highest BCUT2D eigenvalue weighted by molar-refractivity contribution is 5.83. The molecule has 11 heteroatoms. The monoisotopic (exact) mass is 470 g/mol. The van der Waals surface area contributed by atoms with Crippen LogP contribution in [0.15, 0.2) is 24.3 Å². The lowest BCUT2D eigenvalue weighted by atomic mass is 10.1. The van der Waals surface area contributed by atoms with Crippen LogP contribution < -0.4 is 15.2 Å². The summed E-state index contributed by atoms with van der Waals surface area (Å²) in [5, 5.41) is 0. The maximum Gasteiger partial charge on any atom is 0.516 e. The fourth-order valence-electron chi connectivity index (χ4n) is 3.91. The van der Waals surface area contributed by atoms with E-state index in [1.807, 2.05) is 12.1 Å². The van der Waals surface area contributed by atoms with Gasteiger partial charge in [-0.05, 0) is 44.0 Å². The van der Waals surface area contributed by atoms with Crippen molar-refractivity contribution < 1.29 is 23.7 Å². The number of hydrogen-bond acceptors (Lipinski definition) is 10. The Morgan fingerprint density at radius 3 is 2.59 bits per heavy atom. The van der Waals surface area contributed by atoms with Crippen molar-refractivity contribution in [2.24, 2.45) is 0 Å². The molecule has 0 aliphatic carbocycles. The van der Waals surface area contributed by atoms with Crippen LogP contribution in [0.1, 0.15) is 30.9 Å². The predicted molar refractivity (Wildman–Crippen MR) is 125 cm³/mol. The Hall–Kier alpha value is -3.44. The van der Waals surface area contributed by atoms with Crippen LogP contribution in [0.25, 0.3) is 11.2 Å². The fourth-order valence-corrected chi connectivity index (χ4v) is 3.91. The van der Waals surface area contributed by atoms with Crippen molar-refractivity contribution in [1.29, 1.82) is 0 Å². The highest BCUT2D eigenvalue weighted by Crippen LogP contribution is 2.27. The second kappa shape index (κ2) is 11.1. The second-order valence-electron chi connectivity index (χ2n) is 7.97. The van der Waals surface area contributed by atoms with Crippen LogP contribution in [-0.2, 0) is 22.6 Å². The summed E-state index contributed by atoms with van der Waals surface area (Å²) in [4.78, 5) is 27.5. The molecule has 1 saturated heterocycles. The van der Waals surface area contributed by atoms with Gasteiger partial charge in [0.1, 0.15) is 6.61 Å². The van der Waals surface area contributed by atoms with Crippen molar-refractivity contribution in [3.63, 3.8) is 0 Å². The van der Waals surface area contributed by atoms with Gasteiger partial charge in [0.2, 0.25) is 0 Å². The summed E-state index contributed by atoms with van der Waals surface area (Å²) < 4.78 is 22.5. The minimum atomic E-state index is -0.857. The predicted octanol–water partition coefficient (Wildman–Crippen LogP) is 2.61. The molecule has 3 aromatic rings. The quantitative estimate of drug-likeness (QED) is 0.349. The first kappa shape index (κ1) is 23.7. The van der Waals surface area contributed by atoms with Gasteiger partial charge in [0.05, 0.1) is 19.8 Å². The van der Waals surface area contributed by atoms with Gasteiger partial charge in [-0.2, -0.15) is 15.0 Å².